The summed E-state index contributed by atoms with van der Waals surface area (Å²) in [4.78, 5) is 37.1. The third-order valence-corrected chi connectivity index (χ3v) is 6.30. The summed E-state index contributed by atoms with van der Waals surface area (Å²) in [5.74, 6) is 0.432. The van der Waals surface area contributed by atoms with Crippen LogP contribution in [0.3, 0.4) is 0 Å². The van der Waals surface area contributed by atoms with Gasteiger partial charge in [-0.25, -0.2) is 9.97 Å². The van der Waals surface area contributed by atoms with Crippen LogP contribution in [0.25, 0.3) is 11.0 Å². The van der Waals surface area contributed by atoms with Gasteiger partial charge in [-0.2, -0.15) is 0 Å². The normalized spacial score (nSPS) is 15.0. The fourth-order valence-corrected chi connectivity index (χ4v) is 4.52. The number of amides is 1. The molecular formula is C27H24ClN3O4. The molecule has 4 aromatic rings. The highest BCUT2D eigenvalue weighted by Crippen LogP contribution is 2.40. The maximum atomic E-state index is 13.6. The number of benzene rings is 2. The molecule has 0 bridgehead atoms. The van der Waals surface area contributed by atoms with Crippen molar-refractivity contribution < 1.29 is 13.9 Å². The number of nitrogens with zero attached hydrogens (tertiary/aromatic N) is 3. The smallest absolute Gasteiger partial charge is 0.297 e. The molecule has 0 saturated carbocycles. The number of carbonyl (C=O) groups is 1. The van der Waals surface area contributed by atoms with Crippen molar-refractivity contribution in [1.29, 1.82) is 0 Å². The molecule has 8 heteroatoms. The number of halogens is 1. The van der Waals surface area contributed by atoms with E-state index in [9.17, 15) is 9.59 Å². The number of anilines is 1. The van der Waals surface area contributed by atoms with E-state index in [4.69, 9.17) is 20.8 Å². The molecule has 0 fully saturated rings. The van der Waals surface area contributed by atoms with Gasteiger partial charge >= 0.3 is 0 Å². The molecule has 2 aromatic carbocycles. The first-order valence-electron chi connectivity index (χ1n) is 11.7. The molecule has 2 aromatic heterocycles. The second-order valence-corrected chi connectivity index (χ2v) is 8.86. The van der Waals surface area contributed by atoms with Crippen molar-refractivity contribution in [2.75, 3.05) is 11.5 Å². The summed E-state index contributed by atoms with van der Waals surface area (Å²) < 4.78 is 11.8. The van der Waals surface area contributed by atoms with Gasteiger partial charge in [0.05, 0.1) is 23.6 Å². The maximum Gasteiger partial charge on any atom is 0.297 e. The lowest BCUT2D eigenvalue weighted by Crippen LogP contribution is -2.31. The van der Waals surface area contributed by atoms with Crippen LogP contribution in [-0.2, 0) is 0 Å². The highest BCUT2D eigenvalue weighted by molar-refractivity contribution is 6.31. The molecule has 5 rings (SSSR count). The predicted molar refractivity (Wildman–Crippen MR) is 134 cm³/mol. The zero-order valence-electron chi connectivity index (χ0n) is 19.2. The van der Waals surface area contributed by atoms with Gasteiger partial charge in [0.1, 0.15) is 11.3 Å². The van der Waals surface area contributed by atoms with E-state index >= 15 is 0 Å². The highest BCUT2D eigenvalue weighted by Gasteiger charge is 2.44. The predicted octanol–water partition coefficient (Wildman–Crippen LogP) is 5.95. The maximum absolute atomic E-state index is 13.6. The average molecular weight is 490 g/mol. The number of carbonyl (C=O) groups excluding carboxylic acids is 1. The van der Waals surface area contributed by atoms with E-state index in [2.05, 4.69) is 16.9 Å². The van der Waals surface area contributed by atoms with Crippen molar-refractivity contribution in [2.24, 2.45) is 0 Å². The minimum atomic E-state index is -0.752. The first-order valence-corrected chi connectivity index (χ1v) is 12.1. The Morgan fingerprint density at radius 1 is 1.03 bits per heavy atom. The number of hydrogen-bond acceptors (Lipinski definition) is 6. The lowest BCUT2D eigenvalue weighted by atomic mass is 9.98. The molecule has 1 aliphatic heterocycles. The summed E-state index contributed by atoms with van der Waals surface area (Å²) >= 11 is 6.14. The van der Waals surface area contributed by atoms with Crippen LogP contribution < -0.4 is 15.1 Å². The second-order valence-electron chi connectivity index (χ2n) is 8.42. The van der Waals surface area contributed by atoms with Crippen LogP contribution in [0.15, 0.2) is 70.1 Å². The van der Waals surface area contributed by atoms with Gasteiger partial charge in [-0.15, -0.1) is 0 Å². The minimum absolute atomic E-state index is 0.0153. The Morgan fingerprint density at radius 3 is 2.54 bits per heavy atom. The second kappa shape index (κ2) is 9.88. The molecule has 0 radical (unpaired) electrons. The molecule has 0 saturated heterocycles. The van der Waals surface area contributed by atoms with Gasteiger partial charge in [0.15, 0.2) is 5.43 Å². The molecule has 1 unspecified atom stereocenters. The SMILES string of the molecule is CCCCCCOc1ccc(C2c3c(oc4ccc(Cl)cc4c3=O)C(=O)N2c2ncccn2)cc1. The van der Waals surface area contributed by atoms with Gasteiger partial charge in [-0.05, 0) is 48.4 Å². The first kappa shape index (κ1) is 23.1. The van der Waals surface area contributed by atoms with Gasteiger partial charge < -0.3 is 9.15 Å². The van der Waals surface area contributed by atoms with E-state index in [1.807, 2.05) is 24.3 Å². The van der Waals surface area contributed by atoms with Crippen LogP contribution in [0.5, 0.6) is 5.75 Å². The Kier molecular flexibility index (Phi) is 6.51. The monoisotopic (exact) mass is 489 g/mol. The van der Waals surface area contributed by atoms with Gasteiger partial charge in [-0.3, -0.25) is 14.5 Å². The molecule has 1 atom stereocenters. The van der Waals surface area contributed by atoms with Crippen LogP contribution >= 0.6 is 11.6 Å². The van der Waals surface area contributed by atoms with Crippen LogP contribution in [0.2, 0.25) is 5.02 Å². The van der Waals surface area contributed by atoms with Crippen LogP contribution in [-0.4, -0.2) is 22.5 Å². The van der Waals surface area contributed by atoms with Crippen molar-refractivity contribution in [3.63, 3.8) is 0 Å². The molecule has 0 N–H and O–H groups in total. The fraction of sp³-hybridized carbons (Fsp3) is 0.259. The first-order chi connectivity index (χ1) is 17.1. The Labute approximate surface area is 207 Å². The number of unbranched alkanes of at least 4 members (excludes halogenated alkanes) is 3. The van der Waals surface area contributed by atoms with Crippen molar-refractivity contribution in [2.45, 2.75) is 38.6 Å². The van der Waals surface area contributed by atoms with E-state index < -0.39 is 11.9 Å². The molecule has 1 amide bonds. The third-order valence-electron chi connectivity index (χ3n) is 6.06. The average Bonchev–Trinajstić information content (AvgIpc) is 3.18. The third kappa shape index (κ3) is 4.39. The molecule has 0 spiro atoms. The Balaban J connectivity index is 1.56. The number of ether oxygens (including phenoxy) is 1. The lowest BCUT2D eigenvalue weighted by Gasteiger charge is -2.23. The van der Waals surface area contributed by atoms with Crippen molar-refractivity contribution in [1.82, 2.24) is 9.97 Å². The number of aromatic nitrogens is 2. The summed E-state index contributed by atoms with van der Waals surface area (Å²) in [7, 11) is 0. The Morgan fingerprint density at radius 2 is 1.80 bits per heavy atom. The van der Waals surface area contributed by atoms with E-state index in [1.165, 1.54) is 17.7 Å². The van der Waals surface area contributed by atoms with Gasteiger partial charge in [0.2, 0.25) is 11.7 Å². The Hall–Kier alpha value is -3.71. The number of rotatable bonds is 8. The molecular weight excluding hydrogens is 466 g/mol. The van der Waals surface area contributed by atoms with E-state index in [0.29, 0.717) is 22.6 Å². The van der Waals surface area contributed by atoms with Gasteiger partial charge in [0.25, 0.3) is 5.91 Å². The summed E-state index contributed by atoms with van der Waals surface area (Å²) in [5.41, 5.74) is 0.951. The van der Waals surface area contributed by atoms with Gasteiger partial charge in [0, 0.05) is 17.4 Å². The molecule has 178 valence electrons. The minimum Gasteiger partial charge on any atom is -0.494 e. The fourth-order valence-electron chi connectivity index (χ4n) is 4.35. The molecule has 0 aliphatic carbocycles. The number of fused-ring (bicyclic) bond motifs is 2. The van der Waals surface area contributed by atoms with Crippen LogP contribution in [0.1, 0.15) is 60.3 Å². The van der Waals surface area contributed by atoms with Crippen molar-refractivity contribution in [3.05, 3.63) is 93.1 Å². The zero-order chi connectivity index (χ0) is 24.4. The van der Waals surface area contributed by atoms with Crippen LogP contribution in [0.4, 0.5) is 5.95 Å². The molecule has 1 aliphatic rings. The number of hydrogen-bond donors (Lipinski definition) is 0. The summed E-state index contributed by atoms with van der Waals surface area (Å²) in [6, 6.07) is 13.1. The van der Waals surface area contributed by atoms with E-state index in [1.54, 1.807) is 36.7 Å². The molecule has 3 heterocycles. The van der Waals surface area contributed by atoms with Crippen LogP contribution in [0, 0.1) is 0 Å². The quantitative estimate of drug-likeness (QED) is 0.284. The standard InChI is InChI=1S/C27H24ClN3O4/c1-2-3-4-5-15-34-19-10-7-17(8-11-19)23-22-24(32)20-16-18(28)9-12-21(20)35-25(22)26(33)31(23)27-29-13-6-14-30-27/h6-14,16,23H,2-5,15H2,1H3. The highest BCUT2D eigenvalue weighted by atomic mass is 35.5. The summed E-state index contributed by atoms with van der Waals surface area (Å²) in [6.07, 6.45) is 7.60. The Bertz CT molecular complexity index is 1420. The lowest BCUT2D eigenvalue weighted by molar-refractivity contribution is 0.0969. The molecule has 35 heavy (non-hydrogen) atoms. The van der Waals surface area contributed by atoms with Crippen molar-refractivity contribution >= 4 is 34.4 Å². The molecule has 7 nitrogen and oxygen atoms in total. The zero-order valence-corrected chi connectivity index (χ0v) is 20.0. The van der Waals surface area contributed by atoms with E-state index in [-0.39, 0.29) is 22.7 Å². The van der Waals surface area contributed by atoms with E-state index in [0.717, 1.165) is 24.2 Å². The largest absolute Gasteiger partial charge is 0.494 e. The topological polar surface area (TPSA) is 85.5 Å². The van der Waals surface area contributed by atoms with Gasteiger partial charge in [-0.1, -0.05) is 49.9 Å². The summed E-state index contributed by atoms with van der Waals surface area (Å²) in [5, 5.41) is 0.728. The summed E-state index contributed by atoms with van der Waals surface area (Å²) in [6.45, 7) is 2.82. The van der Waals surface area contributed by atoms with Crippen molar-refractivity contribution in [3.8, 4) is 5.75 Å².